The van der Waals surface area contributed by atoms with Crippen molar-refractivity contribution in [1.82, 2.24) is 0 Å². The Labute approximate surface area is 135 Å². The van der Waals surface area contributed by atoms with Crippen LogP contribution in [0.15, 0.2) is 35.1 Å². The molecule has 4 heteroatoms. The van der Waals surface area contributed by atoms with E-state index in [4.69, 9.17) is 14.2 Å². The Morgan fingerprint density at radius 2 is 1.52 bits per heavy atom. The first-order valence-electron chi connectivity index (χ1n) is 7.65. The van der Waals surface area contributed by atoms with Gasteiger partial charge in [0.25, 0.3) is 0 Å². The van der Waals surface area contributed by atoms with Crippen molar-refractivity contribution in [1.29, 1.82) is 0 Å². The van der Waals surface area contributed by atoms with Crippen molar-refractivity contribution >= 4 is 0 Å². The summed E-state index contributed by atoms with van der Waals surface area (Å²) in [5.41, 5.74) is 4.32. The highest BCUT2D eigenvalue weighted by Crippen LogP contribution is 2.48. The first-order valence-corrected chi connectivity index (χ1v) is 7.65. The molecular formula is C19H20O4. The summed E-state index contributed by atoms with van der Waals surface area (Å²) < 4.78 is 16.6. The highest BCUT2D eigenvalue weighted by atomic mass is 16.5. The maximum atomic E-state index is 11.7. The van der Waals surface area contributed by atoms with Gasteiger partial charge in [-0.15, -0.1) is 0 Å². The predicted molar refractivity (Wildman–Crippen MR) is 89.8 cm³/mol. The topological polar surface area (TPSA) is 44.8 Å². The Kier molecular flexibility index (Phi) is 4.24. The number of aryl methyl sites for hydroxylation is 2. The van der Waals surface area contributed by atoms with E-state index in [0.717, 1.165) is 41.5 Å². The van der Waals surface area contributed by atoms with Crippen LogP contribution in [0.4, 0.5) is 0 Å². The van der Waals surface area contributed by atoms with Crippen molar-refractivity contribution < 1.29 is 14.2 Å². The second kappa shape index (κ2) is 6.32. The van der Waals surface area contributed by atoms with E-state index in [1.165, 1.54) is 0 Å². The quantitative estimate of drug-likeness (QED) is 0.873. The first kappa shape index (κ1) is 15.4. The zero-order chi connectivity index (χ0) is 16.4. The van der Waals surface area contributed by atoms with Gasteiger partial charge in [-0.25, -0.2) is 0 Å². The molecule has 0 atom stereocenters. The van der Waals surface area contributed by atoms with Crippen LogP contribution in [0.1, 0.15) is 17.5 Å². The molecule has 3 rings (SSSR count). The number of benzene rings is 1. The van der Waals surface area contributed by atoms with Gasteiger partial charge >= 0.3 is 0 Å². The maximum absolute atomic E-state index is 11.7. The summed E-state index contributed by atoms with van der Waals surface area (Å²) in [5, 5.41) is 0. The molecule has 1 aliphatic carbocycles. The number of hydrogen-bond donors (Lipinski definition) is 0. The van der Waals surface area contributed by atoms with Crippen LogP contribution in [-0.4, -0.2) is 21.3 Å². The fraction of sp³-hybridized carbons (Fsp3) is 0.316. The smallest absolute Gasteiger partial charge is 0.203 e. The molecule has 4 nitrogen and oxygen atoms in total. The van der Waals surface area contributed by atoms with Crippen molar-refractivity contribution in [3.8, 4) is 28.4 Å². The van der Waals surface area contributed by atoms with Crippen molar-refractivity contribution in [3.63, 3.8) is 0 Å². The molecule has 0 amide bonds. The number of fused-ring (bicyclic) bond motifs is 3. The van der Waals surface area contributed by atoms with E-state index in [0.29, 0.717) is 17.2 Å². The summed E-state index contributed by atoms with van der Waals surface area (Å²) in [6, 6.07) is 9.04. The number of hydrogen-bond acceptors (Lipinski definition) is 4. The highest BCUT2D eigenvalue weighted by Gasteiger charge is 2.24. The predicted octanol–water partition coefficient (Wildman–Crippen LogP) is 3.23. The Morgan fingerprint density at radius 1 is 0.826 bits per heavy atom. The van der Waals surface area contributed by atoms with E-state index >= 15 is 0 Å². The molecule has 0 saturated heterocycles. The van der Waals surface area contributed by atoms with Crippen molar-refractivity contribution in [2.24, 2.45) is 0 Å². The molecule has 0 aliphatic heterocycles. The second-order valence-electron chi connectivity index (χ2n) is 5.54. The summed E-state index contributed by atoms with van der Waals surface area (Å²) in [5.74, 6) is 1.90. The molecule has 0 spiro atoms. The van der Waals surface area contributed by atoms with Gasteiger partial charge in [0.15, 0.2) is 16.9 Å². The van der Waals surface area contributed by atoms with Crippen LogP contribution < -0.4 is 19.6 Å². The molecule has 0 saturated carbocycles. The molecule has 0 bridgehead atoms. The lowest BCUT2D eigenvalue weighted by Crippen LogP contribution is -2.00. The summed E-state index contributed by atoms with van der Waals surface area (Å²) >= 11 is 0. The molecule has 0 heterocycles. The molecule has 0 radical (unpaired) electrons. The molecule has 1 aliphatic rings. The molecule has 0 N–H and O–H groups in total. The van der Waals surface area contributed by atoms with Crippen LogP contribution in [0.2, 0.25) is 0 Å². The number of rotatable bonds is 3. The van der Waals surface area contributed by atoms with Gasteiger partial charge in [-0.2, -0.15) is 0 Å². The molecular weight excluding hydrogens is 292 g/mol. The summed E-state index contributed by atoms with van der Waals surface area (Å²) in [4.78, 5) is 11.7. The minimum Gasteiger partial charge on any atom is -0.493 e. The van der Waals surface area contributed by atoms with Crippen molar-refractivity contribution in [2.75, 3.05) is 21.3 Å². The monoisotopic (exact) mass is 312 g/mol. The van der Waals surface area contributed by atoms with E-state index in [1.807, 2.05) is 18.2 Å². The van der Waals surface area contributed by atoms with Crippen molar-refractivity contribution in [2.45, 2.75) is 19.3 Å². The zero-order valence-corrected chi connectivity index (χ0v) is 13.6. The normalized spacial score (nSPS) is 12.7. The van der Waals surface area contributed by atoms with E-state index in [-0.39, 0.29) is 5.43 Å². The summed E-state index contributed by atoms with van der Waals surface area (Å²) in [7, 11) is 4.85. The second-order valence-corrected chi connectivity index (χ2v) is 5.54. The maximum Gasteiger partial charge on any atom is 0.203 e. The fourth-order valence-corrected chi connectivity index (χ4v) is 3.23. The Morgan fingerprint density at radius 3 is 2.22 bits per heavy atom. The Hall–Kier alpha value is -2.49. The third kappa shape index (κ3) is 2.65. The molecule has 2 aromatic carbocycles. The van der Waals surface area contributed by atoms with E-state index in [9.17, 15) is 4.79 Å². The molecule has 0 fully saturated rings. The lowest BCUT2D eigenvalue weighted by Gasteiger charge is -2.19. The van der Waals surface area contributed by atoms with Crippen LogP contribution in [0, 0.1) is 0 Å². The molecule has 120 valence electrons. The van der Waals surface area contributed by atoms with Gasteiger partial charge in [0.05, 0.1) is 21.3 Å². The van der Waals surface area contributed by atoms with E-state index in [2.05, 4.69) is 0 Å². The summed E-state index contributed by atoms with van der Waals surface area (Å²) in [6.07, 6.45) is 2.86. The molecule has 2 aromatic rings. The SMILES string of the molecule is COc1cc2c(c(OC)c1OC)-c1ccc(=O)ccc1CCC2. The lowest BCUT2D eigenvalue weighted by molar-refractivity contribution is 0.324. The average Bonchev–Trinajstić information content (AvgIpc) is 2.85. The number of ether oxygens (including phenoxy) is 3. The van der Waals surface area contributed by atoms with Crippen LogP contribution in [0.25, 0.3) is 11.1 Å². The minimum atomic E-state index is -0.000864. The van der Waals surface area contributed by atoms with Gasteiger partial charge in [-0.1, -0.05) is 12.1 Å². The van der Waals surface area contributed by atoms with Gasteiger partial charge in [0, 0.05) is 5.56 Å². The fourth-order valence-electron chi connectivity index (χ4n) is 3.23. The van der Waals surface area contributed by atoms with Gasteiger partial charge in [0.2, 0.25) is 5.75 Å². The van der Waals surface area contributed by atoms with Crippen LogP contribution in [0.3, 0.4) is 0 Å². The van der Waals surface area contributed by atoms with Crippen LogP contribution >= 0.6 is 0 Å². The summed E-state index contributed by atoms with van der Waals surface area (Å²) in [6.45, 7) is 0. The average molecular weight is 312 g/mol. The van der Waals surface area contributed by atoms with Gasteiger partial charge in [-0.3, -0.25) is 4.79 Å². The number of methoxy groups -OCH3 is 3. The molecule has 0 aromatic heterocycles. The third-order valence-electron chi connectivity index (χ3n) is 4.28. The van der Waals surface area contributed by atoms with Crippen LogP contribution in [-0.2, 0) is 12.8 Å². The van der Waals surface area contributed by atoms with Gasteiger partial charge in [-0.05, 0) is 54.2 Å². The third-order valence-corrected chi connectivity index (χ3v) is 4.28. The first-order chi connectivity index (χ1) is 11.2. The largest absolute Gasteiger partial charge is 0.493 e. The molecule has 23 heavy (non-hydrogen) atoms. The highest BCUT2D eigenvalue weighted by molar-refractivity contribution is 5.82. The lowest BCUT2D eigenvalue weighted by atomic mass is 9.96. The van der Waals surface area contributed by atoms with E-state index < -0.39 is 0 Å². The van der Waals surface area contributed by atoms with Crippen molar-refractivity contribution in [3.05, 3.63) is 51.7 Å². The Balaban J connectivity index is 2.40. The van der Waals surface area contributed by atoms with Gasteiger partial charge in [0.1, 0.15) is 0 Å². The molecule has 0 unspecified atom stereocenters. The van der Waals surface area contributed by atoms with Gasteiger partial charge < -0.3 is 14.2 Å². The standard InChI is InChI=1S/C19H20O4/c1-21-16-11-13-6-4-5-12-7-8-14(20)9-10-15(12)17(13)19(23-3)18(16)22-2/h7-11H,4-6H2,1-3H3. The van der Waals surface area contributed by atoms with Crippen LogP contribution in [0.5, 0.6) is 17.2 Å². The Bertz CT molecular complexity index is 796. The zero-order valence-electron chi connectivity index (χ0n) is 13.6. The van der Waals surface area contributed by atoms with E-state index in [1.54, 1.807) is 33.5 Å². The minimum absolute atomic E-state index is 0.000864.